The number of allylic oxidation sites excluding steroid dienone is 5. The zero-order valence-corrected chi connectivity index (χ0v) is 35.7. The van der Waals surface area contributed by atoms with Crippen LogP contribution in [0.3, 0.4) is 0 Å². The summed E-state index contributed by atoms with van der Waals surface area (Å²) < 4.78 is 5.43. The van der Waals surface area contributed by atoms with E-state index in [4.69, 9.17) is 4.74 Å². The average Bonchev–Trinajstić information content (AvgIpc) is 3.17. The van der Waals surface area contributed by atoms with Crippen molar-refractivity contribution in [3.05, 3.63) is 36.5 Å². The van der Waals surface area contributed by atoms with Gasteiger partial charge in [-0.3, -0.25) is 9.59 Å². The zero-order chi connectivity index (χ0) is 39.4. The summed E-state index contributed by atoms with van der Waals surface area (Å²) in [7, 11) is 0. The summed E-state index contributed by atoms with van der Waals surface area (Å²) in [5.74, 6) is -0.174. The van der Waals surface area contributed by atoms with Crippen molar-refractivity contribution in [2.24, 2.45) is 0 Å². The van der Waals surface area contributed by atoms with Gasteiger partial charge in [0.15, 0.2) is 0 Å². The van der Waals surface area contributed by atoms with E-state index in [-0.39, 0.29) is 18.5 Å². The third-order valence-corrected chi connectivity index (χ3v) is 10.4. The molecule has 0 aliphatic heterocycles. The lowest BCUT2D eigenvalue weighted by Crippen LogP contribution is -2.45. The molecule has 0 saturated carbocycles. The molecule has 0 heterocycles. The number of rotatable bonds is 42. The van der Waals surface area contributed by atoms with E-state index < -0.39 is 12.1 Å². The van der Waals surface area contributed by atoms with Gasteiger partial charge in [0, 0.05) is 12.8 Å². The first-order valence-electron chi connectivity index (χ1n) is 23.3. The minimum absolute atomic E-state index is 0.0427. The second kappa shape index (κ2) is 43.8. The molecule has 0 fully saturated rings. The van der Waals surface area contributed by atoms with Gasteiger partial charge in [-0.05, 0) is 77.0 Å². The van der Waals surface area contributed by atoms with E-state index in [2.05, 4.69) is 43.5 Å². The molecule has 0 bridgehead atoms. The van der Waals surface area contributed by atoms with E-state index in [1.807, 2.05) is 6.08 Å². The number of aliphatic hydroxyl groups excluding tert-OH is 2. The summed E-state index contributed by atoms with van der Waals surface area (Å²) in [5, 5.41) is 22.9. The Bertz CT molecular complexity index is 884. The van der Waals surface area contributed by atoms with E-state index in [0.29, 0.717) is 19.4 Å². The standard InChI is InChI=1S/C48H89NO5/c1-3-5-7-9-11-13-15-16-17-18-19-20-22-26-30-34-38-42-48(53)54-43-39-35-31-27-23-25-29-33-37-41-47(52)49-45(44-50)46(51)40-36-32-28-24-21-14-12-10-8-6-4-2/h16-17,25,29,36,40,45-46,50-51H,3-15,18-24,26-28,30-35,37-39,41-44H2,1-2H3,(H,49,52)/b17-16-,29-25-,40-36+. The fourth-order valence-electron chi connectivity index (χ4n) is 6.75. The third-order valence-electron chi connectivity index (χ3n) is 10.4. The van der Waals surface area contributed by atoms with E-state index in [9.17, 15) is 19.8 Å². The van der Waals surface area contributed by atoms with Crippen LogP contribution in [0.15, 0.2) is 36.5 Å². The Labute approximate surface area is 334 Å². The van der Waals surface area contributed by atoms with Gasteiger partial charge in [-0.2, -0.15) is 0 Å². The number of amides is 1. The molecule has 6 nitrogen and oxygen atoms in total. The predicted octanol–water partition coefficient (Wildman–Crippen LogP) is 13.3. The van der Waals surface area contributed by atoms with Crippen molar-refractivity contribution in [1.82, 2.24) is 5.32 Å². The highest BCUT2D eigenvalue weighted by Crippen LogP contribution is 2.13. The van der Waals surface area contributed by atoms with Crippen molar-refractivity contribution in [3.63, 3.8) is 0 Å². The minimum Gasteiger partial charge on any atom is -0.466 e. The number of esters is 1. The zero-order valence-electron chi connectivity index (χ0n) is 35.7. The average molecular weight is 760 g/mol. The molecule has 3 N–H and O–H groups in total. The van der Waals surface area contributed by atoms with Crippen molar-refractivity contribution in [3.8, 4) is 0 Å². The minimum atomic E-state index is -0.874. The molecule has 316 valence electrons. The van der Waals surface area contributed by atoms with Crippen LogP contribution in [-0.2, 0) is 14.3 Å². The number of aliphatic hydroxyl groups is 2. The van der Waals surface area contributed by atoms with Gasteiger partial charge in [-0.1, -0.05) is 179 Å². The van der Waals surface area contributed by atoms with Gasteiger partial charge in [0.1, 0.15) is 0 Å². The second-order valence-corrected chi connectivity index (χ2v) is 15.7. The van der Waals surface area contributed by atoms with Crippen molar-refractivity contribution in [1.29, 1.82) is 0 Å². The number of carbonyl (C=O) groups is 2. The monoisotopic (exact) mass is 760 g/mol. The van der Waals surface area contributed by atoms with Crippen LogP contribution < -0.4 is 5.32 Å². The van der Waals surface area contributed by atoms with Gasteiger partial charge in [-0.15, -0.1) is 0 Å². The van der Waals surface area contributed by atoms with Crippen LogP contribution in [-0.4, -0.2) is 47.4 Å². The summed E-state index contributed by atoms with van der Waals surface area (Å²) in [5.41, 5.74) is 0. The fraction of sp³-hybridized carbons (Fsp3) is 0.833. The molecule has 0 aromatic heterocycles. The van der Waals surface area contributed by atoms with Gasteiger partial charge < -0.3 is 20.3 Å². The molecule has 0 rings (SSSR count). The van der Waals surface area contributed by atoms with Crippen LogP contribution in [0, 0.1) is 0 Å². The quantitative estimate of drug-likeness (QED) is 0.0327. The third kappa shape index (κ3) is 39.8. The van der Waals surface area contributed by atoms with Crippen molar-refractivity contribution >= 4 is 11.9 Å². The molecular formula is C48H89NO5. The Morgan fingerprint density at radius 2 is 0.889 bits per heavy atom. The molecule has 0 aromatic rings. The SMILES string of the molecule is CCCCCCCC/C=C\CCCCCCCCCC(=O)OCCCCCC/C=C\CCCC(=O)NC(CO)C(O)/C=C/CCCCCCCCCCC. The Morgan fingerprint density at radius 3 is 1.35 bits per heavy atom. The summed E-state index contributed by atoms with van der Waals surface area (Å²) in [6, 6.07) is -0.664. The Balaban J connectivity index is 3.57. The summed E-state index contributed by atoms with van der Waals surface area (Å²) in [4.78, 5) is 24.4. The summed E-state index contributed by atoms with van der Waals surface area (Å²) in [6.07, 6.45) is 51.4. The normalized spacial score (nSPS) is 13.0. The second-order valence-electron chi connectivity index (χ2n) is 15.7. The van der Waals surface area contributed by atoms with Crippen LogP contribution in [0.5, 0.6) is 0 Å². The number of hydrogen-bond acceptors (Lipinski definition) is 5. The van der Waals surface area contributed by atoms with E-state index in [0.717, 1.165) is 70.6 Å². The van der Waals surface area contributed by atoms with Gasteiger partial charge in [0.05, 0.1) is 25.4 Å². The molecule has 0 saturated heterocycles. The lowest BCUT2D eigenvalue weighted by atomic mass is 10.1. The number of unbranched alkanes of at least 4 members (excludes halogenated alkanes) is 27. The lowest BCUT2D eigenvalue weighted by molar-refractivity contribution is -0.143. The van der Waals surface area contributed by atoms with Gasteiger partial charge >= 0.3 is 5.97 Å². The van der Waals surface area contributed by atoms with Crippen LogP contribution in [0.25, 0.3) is 0 Å². The molecule has 0 aliphatic carbocycles. The van der Waals surface area contributed by atoms with Crippen LogP contribution in [0.1, 0.15) is 232 Å². The van der Waals surface area contributed by atoms with E-state index in [1.165, 1.54) is 135 Å². The highest BCUT2D eigenvalue weighted by atomic mass is 16.5. The molecule has 0 aliphatic rings. The van der Waals surface area contributed by atoms with Crippen molar-refractivity contribution in [2.75, 3.05) is 13.2 Å². The Hall–Kier alpha value is -1.92. The van der Waals surface area contributed by atoms with Crippen LogP contribution >= 0.6 is 0 Å². The van der Waals surface area contributed by atoms with Gasteiger partial charge in [-0.25, -0.2) is 0 Å². The molecule has 0 radical (unpaired) electrons. The smallest absolute Gasteiger partial charge is 0.305 e. The van der Waals surface area contributed by atoms with Gasteiger partial charge in [0.2, 0.25) is 5.91 Å². The maximum atomic E-state index is 12.3. The van der Waals surface area contributed by atoms with E-state index >= 15 is 0 Å². The van der Waals surface area contributed by atoms with Crippen molar-refractivity contribution in [2.45, 2.75) is 244 Å². The Morgan fingerprint density at radius 1 is 0.500 bits per heavy atom. The maximum Gasteiger partial charge on any atom is 0.305 e. The van der Waals surface area contributed by atoms with Gasteiger partial charge in [0.25, 0.3) is 0 Å². The summed E-state index contributed by atoms with van der Waals surface area (Å²) >= 11 is 0. The highest BCUT2D eigenvalue weighted by Gasteiger charge is 2.17. The first kappa shape index (κ1) is 52.1. The molecule has 0 spiro atoms. The lowest BCUT2D eigenvalue weighted by Gasteiger charge is -2.19. The number of nitrogens with one attached hydrogen (secondary N) is 1. The number of ether oxygens (including phenoxy) is 1. The fourth-order valence-corrected chi connectivity index (χ4v) is 6.75. The molecule has 6 heteroatoms. The van der Waals surface area contributed by atoms with Crippen LogP contribution in [0.4, 0.5) is 0 Å². The first-order valence-corrected chi connectivity index (χ1v) is 23.3. The molecule has 54 heavy (non-hydrogen) atoms. The number of hydrogen-bond donors (Lipinski definition) is 3. The molecule has 2 unspecified atom stereocenters. The molecule has 1 amide bonds. The number of carbonyl (C=O) groups excluding carboxylic acids is 2. The largest absolute Gasteiger partial charge is 0.466 e. The van der Waals surface area contributed by atoms with Crippen molar-refractivity contribution < 1.29 is 24.5 Å². The highest BCUT2D eigenvalue weighted by molar-refractivity contribution is 5.76. The summed E-state index contributed by atoms with van der Waals surface area (Å²) in [6.45, 7) is 4.77. The van der Waals surface area contributed by atoms with Crippen LogP contribution in [0.2, 0.25) is 0 Å². The van der Waals surface area contributed by atoms with E-state index in [1.54, 1.807) is 6.08 Å². The first-order chi connectivity index (χ1) is 26.5. The topological polar surface area (TPSA) is 95.9 Å². The predicted molar refractivity (Wildman–Crippen MR) is 232 cm³/mol. The maximum absolute atomic E-state index is 12.3. The molecular weight excluding hydrogens is 671 g/mol. The molecule has 2 atom stereocenters. The molecule has 0 aromatic carbocycles. The Kier molecular flexibility index (Phi) is 42.2.